The molecule has 3 rings (SSSR count). The summed E-state index contributed by atoms with van der Waals surface area (Å²) in [5, 5.41) is 61.3. The molecular weight excluding hydrogens is 356 g/mol. The van der Waals surface area contributed by atoms with Crippen molar-refractivity contribution in [2.45, 2.75) is 49.1 Å². The van der Waals surface area contributed by atoms with Gasteiger partial charge in [0, 0.05) is 0 Å². The predicted octanol–water partition coefficient (Wildman–Crippen LogP) is -4.56. The average molecular weight is 377 g/mol. The van der Waals surface area contributed by atoms with E-state index >= 15 is 0 Å². The number of imide groups is 1. The summed E-state index contributed by atoms with van der Waals surface area (Å²) in [6.07, 6.45) is -10.1. The van der Waals surface area contributed by atoms with Crippen LogP contribution in [0, 0.1) is 0 Å². The van der Waals surface area contributed by atoms with Crippen LogP contribution >= 0.6 is 0 Å². The van der Waals surface area contributed by atoms with Gasteiger partial charge in [0.25, 0.3) is 5.91 Å². The number of carbonyl (C=O) groups excluding carboxylic acids is 2. The van der Waals surface area contributed by atoms with Crippen LogP contribution in [0.15, 0.2) is 12.3 Å². The lowest BCUT2D eigenvalue weighted by Gasteiger charge is -2.42. The fourth-order valence-electron chi connectivity index (χ4n) is 3.51. The molecule has 0 aliphatic carbocycles. The van der Waals surface area contributed by atoms with Crippen molar-refractivity contribution in [3.63, 3.8) is 0 Å². The third-order valence-electron chi connectivity index (χ3n) is 4.93. The number of nitrogens with zero attached hydrogens (tertiary/aromatic N) is 1. The highest BCUT2D eigenvalue weighted by Crippen LogP contribution is 2.39. The molecule has 0 spiro atoms. The first-order valence-electron chi connectivity index (χ1n) is 7.95. The maximum atomic E-state index is 12.7. The highest BCUT2D eigenvalue weighted by molar-refractivity contribution is 6.00. The summed E-state index contributed by atoms with van der Waals surface area (Å²) in [5.74, 6) is -0.762. The summed E-state index contributed by atoms with van der Waals surface area (Å²) in [6, 6.07) is -1.04. The molecular formula is C14H21N2O10+. The second kappa shape index (κ2) is 6.92. The SMILES string of the molecule is O=C1C=C[N+]([C@@H]2O[C@H](CO)[C@@H](O)[C@H]2O)([C@@H]2O[C@H](CO)[C@@H](O)[C@@H]2O)C(=O)N1. The van der Waals surface area contributed by atoms with Crippen LogP contribution in [0.25, 0.3) is 0 Å². The van der Waals surface area contributed by atoms with Crippen LogP contribution in [0.3, 0.4) is 0 Å². The van der Waals surface area contributed by atoms with E-state index in [1.807, 2.05) is 5.32 Å². The van der Waals surface area contributed by atoms with E-state index < -0.39 is 78.7 Å². The van der Waals surface area contributed by atoms with Gasteiger partial charge in [-0.05, 0) is 0 Å². The highest BCUT2D eigenvalue weighted by Gasteiger charge is 2.66. The lowest BCUT2D eigenvalue weighted by Crippen LogP contribution is -2.71. The average Bonchev–Trinajstić information content (AvgIpc) is 3.07. The zero-order chi connectivity index (χ0) is 19.2. The number of ether oxygens (including phenoxy) is 2. The lowest BCUT2D eigenvalue weighted by atomic mass is 10.1. The summed E-state index contributed by atoms with van der Waals surface area (Å²) in [7, 11) is 0. The van der Waals surface area contributed by atoms with Gasteiger partial charge in [0.1, 0.15) is 30.6 Å². The summed E-state index contributed by atoms with van der Waals surface area (Å²) in [6.45, 7) is -1.32. The summed E-state index contributed by atoms with van der Waals surface area (Å²) in [4.78, 5) is 24.2. The Morgan fingerprint density at radius 1 is 0.885 bits per heavy atom. The topological polar surface area (TPSA) is 186 Å². The Hall–Kier alpha value is -1.48. The molecule has 7 N–H and O–H groups in total. The molecule has 3 aliphatic heterocycles. The third kappa shape index (κ3) is 2.67. The first-order valence-corrected chi connectivity index (χ1v) is 7.95. The fraction of sp³-hybridized carbons (Fsp3) is 0.714. The molecule has 2 fully saturated rings. The van der Waals surface area contributed by atoms with Crippen LogP contribution in [-0.4, -0.2) is 109 Å². The number of hydrogen-bond donors (Lipinski definition) is 7. The van der Waals surface area contributed by atoms with Gasteiger partial charge in [-0.25, -0.2) is 10.1 Å². The largest absolute Gasteiger partial charge is 0.432 e. The van der Waals surface area contributed by atoms with Gasteiger partial charge in [-0.2, -0.15) is 4.48 Å². The molecule has 0 saturated carbocycles. The zero-order valence-corrected chi connectivity index (χ0v) is 13.5. The molecule has 0 aromatic carbocycles. The number of aliphatic hydroxyl groups is 6. The molecule has 3 heterocycles. The highest BCUT2D eigenvalue weighted by atomic mass is 16.6. The van der Waals surface area contributed by atoms with Gasteiger partial charge in [-0.1, -0.05) is 0 Å². The van der Waals surface area contributed by atoms with Gasteiger partial charge in [-0.3, -0.25) is 4.79 Å². The van der Waals surface area contributed by atoms with Crippen LogP contribution in [-0.2, 0) is 14.3 Å². The fourth-order valence-corrected chi connectivity index (χ4v) is 3.51. The first kappa shape index (κ1) is 19.3. The van der Waals surface area contributed by atoms with Gasteiger partial charge in [0.2, 0.25) is 12.5 Å². The van der Waals surface area contributed by atoms with Crippen LogP contribution < -0.4 is 5.32 Å². The minimum Gasteiger partial charge on any atom is -0.394 e. The smallest absolute Gasteiger partial charge is 0.394 e. The van der Waals surface area contributed by atoms with Crippen molar-refractivity contribution in [1.29, 1.82) is 0 Å². The molecule has 0 aromatic heterocycles. The molecule has 12 heteroatoms. The maximum absolute atomic E-state index is 12.7. The number of rotatable bonds is 4. The first-order chi connectivity index (χ1) is 12.3. The molecule has 0 bridgehead atoms. The van der Waals surface area contributed by atoms with E-state index in [2.05, 4.69) is 0 Å². The molecule has 12 nitrogen and oxygen atoms in total. The molecule has 3 aliphatic rings. The molecule has 26 heavy (non-hydrogen) atoms. The Balaban J connectivity index is 2.06. The zero-order valence-electron chi connectivity index (χ0n) is 13.5. The van der Waals surface area contributed by atoms with Gasteiger partial charge < -0.3 is 40.1 Å². The molecule has 2 saturated heterocycles. The lowest BCUT2D eigenvalue weighted by molar-refractivity contribution is -0.904. The van der Waals surface area contributed by atoms with Gasteiger partial charge in [0.05, 0.1) is 19.3 Å². The van der Waals surface area contributed by atoms with Crippen molar-refractivity contribution in [2.75, 3.05) is 13.2 Å². The number of nitrogens with one attached hydrogen (secondary N) is 1. The number of aliphatic hydroxyl groups excluding tert-OH is 6. The number of quaternary nitrogens is 1. The maximum Gasteiger partial charge on any atom is 0.432 e. The van der Waals surface area contributed by atoms with E-state index in [9.17, 15) is 40.2 Å². The molecule has 0 aromatic rings. The number of hydrogen-bond acceptors (Lipinski definition) is 10. The van der Waals surface area contributed by atoms with E-state index in [-0.39, 0.29) is 0 Å². The normalized spacial score (nSPS) is 48.8. The molecule has 3 amide bonds. The summed E-state index contributed by atoms with van der Waals surface area (Å²) in [5.41, 5.74) is 0. The van der Waals surface area contributed by atoms with E-state index in [1.54, 1.807) is 0 Å². The minimum atomic E-state index is -1.68. The Morgan fingerprint density at radius 3 is 1.69 bits per heavy atom. The Morgan fingerprint density at radius 2 is 1.35 bits per heavy atom. The van der Waals surface area contributed by atoms with E-state index in [0.717, 1.165) is 12.3 Å². The van der Waals surface area contributed by atoms with Gasteiger partial charge >= 0.3 is 6.03 Å². The van der Waals surface area contributed by atoms with Crippen molar-refractivity contribution in [3.8, 4) is 0 Å². The van der Waals surface area contributed by atoms with Crippen molar-refractivity contribution in [1.82, 2.24) is 5.32 Å². The number of carbonyl (C=O) groups is 2. The van der Waals surface area contributed by atoms with Gasteiger partial charge in [-0.15, -0.1) is 0 Å². The van der Waals surface area contributed by atoms with Crippen LogP contribution in [0.5, 0.6) is 0 Å². The molecule has 0 radical (unpaired) electrons. The number of urea groups is 1. The van der Waals surface area contributed by atoms with E-state index in [4.69, 9.17) is 9.47 Å². The Labute approximate surface area is 147 Å². The van der Waals surface area contributed by atoms with Crippen molar-refractivity contribution >= 4 is 11.9 Å². The summed E-state index contributed by atoms with van der Waals surface area (Å²) < 4.78 is 9.69. The van der Waals surface area contributed by atoms with Crippen LogP contribution in [0.1, 0.15) is 0 Å². The second-order valence-electron chi connectivity index (χ2n) is 6.40. The van der Waals surface area contributed by atoms with Crippen LogP contribution in [0.2, 0.25) is 0 Å². The quantitative estimate of drug-likeness (QED) is 0.235. The van der Waals surface area contributed by atoms with Crippen molar-refractivity contribution in [2.24, 2.45) is 0 Å². The molecule has 1 unspecified atom stereocenters. The van der Waals surface area contributed by atoms with E-state index in [0.29, 0.717) is 0 Å². The molecule has 9 atom stereocenters. The number of amides is 3. The Kier molecular flexibility index (Phi) is 5.13. The van der Waals surface area contributed by atoms with Crippen molar-refractivity contribution < 1.29 is 54.2 Å². The summed E-state index contributed by atoms with van der Waals surface area (Å²) >= 11 is 0. The predicted molar refractivity (Wildman–Crippen MR) is 78.5 cm³/mol. The minimum absolute atomic E-state index is 0.658. The third-order valence-corrected chi connectivity index (χ3v) is 4.93. The van der Waals surface area contributed by atoms with Crippen LogP contribution in [0.4, 0.5) is 4.79 Å². The second-order valence-corrected chi connectivity index (χ2v) is 6.40. The monoisotopic (exact) mass is 377 g/mol. The van der Waals surface area contributed by atoms with E-state index in [1.165, 1.54) is 0 Å². The van der Waals surface area contributed by atoms with Gasteiger partial charge in [0.15, 0.2) is 12.2 Å². The van der Waals surface area contributed by atoms with Crippen molar-refractivity contribution in [3.05, 3.63) is 12.3 Å². The molecule has 146 valence electrons. The Bertz CT molecular complexity index is 583. The standard InChI is InChI=1S/C14H20N2O10/c17-3-5-8(20)10(22)12(25-5)16(2-1-7(19)15-14(16)24)13-11(23)9(21)6(4-18)26-13/h1-2,5-6,8-13,17-18,20-23H,3-4H2/p+1/t5-,6-,8-,9-,10-,11+,12-,13-,16?/m1/s1.